The van der Waals surface area contributed by atoms with Crippen LogP contribution in [0.15, 0.2) is 48.0 Å². The van der Waals surface area contributed by atoms with Crippen molar-refractivity contribution in [2.24, 2.45) is 0 Å². The Morgan fingerprint density at radius 2 is 2.00 bits per heavy atom. The van der Waals surface area contributed by atoms with Gasteiger partial charge in [-0.2, -0.15) is 0 Å². The maximum atomic E-state index is 5.49. The van der Waals surface area contributed by atoms with Crippen molar-refractivity contribution in [2.75, 3.05) is 0 Å². The molecule has 0 fully saturated rings. The van der Waals surface area contributed by atoms with Gasteiger partial charge in [-0.15, -0.1) is 0 Å². The van der Waals surface area contributed by atoms with Crippen LogP contribution in [0.3, 0.4) is 0 Å². The second kappa shape index (κ2) is 5.78. The van der Waals surface area contributed by atoms with Crippen LogP contribution in [-0.2, 0) is 0 Å². The van der Waals surface area contributed by atoms with E-state index in [9.17, 15) is 0 Å². The SMILES string of the molecule is [B]/C(C=C)=C/C=C(C)\C=C/C. The van der Waals surface area contributed by atoms with E-state index in [4.69, 9.17) is 7.85 Å². The summed E-state index contributed by atoms with van der Waals surface area (Å²) in [4.78, 5) is 0. The molecule has 0 atom stereocenters. The highest BCUT2D eigenvalue weighted by Gasteiger charge is 1.77. The van der Waals surface area contributed by atoms with Crippen LogP contribution < -0.4 is 0 Å². The summed E-state index contributed by atoms with van der Waals surface area (Å²) in [5.74, 6) is 0. The summed E-state index contributed by atoms with van der Waals surface area (Å²) in [6.45, 7) is 7.55. The second-order valence-electron chi connectivity index (χ2n) is 2.28. The molecule has 1 heteroatoms. The zero-order valence-corrected chi connectivity index (χ0v) is 7.17. The van der Waals surface area contributed by atoms with E-state index >= 15 is 0 Å². The third-order valence-electron chi connectivity index (χ3n) is 1.20. The van der Waals surface area contributed by atoms with Gasteiger partial charge in [0.15, 0.2) is 0 Å². The van der Waals surface area contributed by atoms with Gasteiger partial charge in [-0.1, -0.05) is 48.0 Å². The van der Waals surface area contributed by atoms with Gasteiger partial charge >= 0.3 is 0 Å². The summed E-state index contributed by atoms with van der Waals surface area (Å²) < 4.78 is 0. The van der Waals surface area contributed by atoms with E-state index in [1.54, 1.807) is 6.08 Å². The van der Waals surface area contributed by atoms with E-state index in [2.05, 4.69) is 6.58 Å². The first-order valence-electron chi connectivity index (χ1n) is 3.60. The lowest BCUT2D eigenvalue weighted by atomic mass is 9.95. The highest BCUT2D eigenvalue weighted by atomic mass is 13.8. The lowest BCUT2D eigenvalue weighted by Gasteiger charge is -1.88. The fourth-order valence-corrected chi connectivity index (χ4v) is 0.614. The molecule has 0 aromatic carbocycles. The first kappa shape index (κ1) is 10.0. The Morgan fingerprint density at radius 3 is 2.45 bits per heavy atom. The molecule has 0 saturated heterocycles. The minimum absolute atomic E-state index is 0.689. The van der Waals surface area contributed by atoms with Crippen molar-refractivity contribution in [3.63, 3.8) is 0 Å². The number of rotatable bonds is 3. The van der Waals surface area contributed by atoms with Crippen molar-refractivity contribution in [2.45, 2.75) is 13.8 Å². The van der Waals surface area contributed by atoms with E-state index < -0.39 is 0 Å². The molecule has 0 rings (SSSR count). The van der Waals surface area contributed by atoms with Gasteiger partial charge < -0.3 is 0 Å². The molecule has 0 N–H and O–H groups in total. The fraction of sp³-hybridized carbons (Fsp3) is 0.200. The van der Waals surface area contributed by atoms with Gasteiger partial charge in [-0.25, -0.2) is 0 Å². The molecular weight excluding hydrogens is 131 g/mol. The predicted molar refractivity (Wildman–Crippen MR) is 52.6 cm³/mol. The lowest BCUT2D eigenvalue weighted by molar-refractivity contribution is 1.50. The molecule has 0 nitrogen and oxygen atoms in total. The molecule has 0 aliphatic carbocycles. The van der Waals surface area contributed by atoms with E-state index in [1.165, 1.54) is 5.57 Å². The zero-order chi connectivity index (χ0) is 8.69. The Balaban J connectivity index is 4.21. The van der Waals surface area contributed by atoms with Crippen LogP contribution in [0.4, 0.5) is 0 Å². The van der Waals surface area contributed by atoms with Crippen molar-refractivity contribution < 1.29 is 0 Å². The quantitative estimate of drug-likeness (QED) is 0.422. The van der Waals surface area contributed by atoms with Crippen molar-refractivity contribution in [1.82, 2.24) is 0 Å². The van der Waals surface area contributed by atoms with E-state index in [0.29, 0.717) is 5.47 Å². The molecule has 56 valence electrons. The summed E-state index contributed by atoms with van der Waals surface area (Å²) >= 11 is 0. The van der Waals surface area contributed by atoms with Crippen LogP contribution in [0.5, 0.6) is 0 Å². The average molecular weight is 144 g/mol. The van der Waals surface area contributed by atoms with E-state index in [1.807, 2.05) is 38.2 Å². The zero-order valence-electron chi connectivity index (χ0n) is 7.17. The van der Waals surface area contributed by atoms with Crippen LogP contribution in [-0.4, -0.2) is 7.85 Å². The minimum atomic E-state index is 0.689. The normalized spacial score (nSPS) is 14.0. The van der Waals surface area contributed by atoms with Gasteiger partial charge in [0.25, 0.3) is 0 Å². The Hall–Kier alpha value is -0.975. The summed E-state index contributed by atoms with van der Waals surface area (Å²) in [6, 6.07) is 0. The Bertz CT molecular complexity index is 207. The molecule has 0 aliphatic heterocycles. The number of hydrogen-bond donors (Lipinski definition) is 0. The Kier molecular flexibility index (Phi) is 5.27. The molecule has 0 saturated carbocycles. The molecule has 0 aromatic heterocycles. The van der Waals surface area contributed by atoms with Crippen LogP contribution in [0.1, 0.15) is 13.8 Å². The van der Waals surface area contributed by atoms with Crippen molar-refractivity contribution in [3.05, 3.63) is 48.0 Å². The Morgan fingerprint density at radius 1 is 1.36 bits per heavy atom. The largest absolute Gasteiger partial charge is 0.113 e. The molecule has 2 radical (unpaired) electrons. The van der Waals surface area contributed by atoms with Gasteiger partial charge in [0, 0.05) is 0 Å². The van der Waals surface area contributed by atoms with Gasteiger partial charge in [0.2, 0.25) is 0 Å². The molecule has 0 amide bonds. The molecule has 0 bridgehead atoms. The van der Waals surface area contributed by atoms with Crippen LogP contribution in [0.25, 0.3) is 0 Å². The third-order valence-corrected chi connectivity index (χ3v) is 1.20. The smallest absolute Gasteiger partial charge is 0.0997 e. The lowest BCUT2D eigenvalue weighted by Crippen LogP contribution is -1.72. The summed E-state index contributed by atoms with van der Waals surface area (Å²) in [7, 11) is 5.49. The van der Waals surface area contributed by atoms with E-state index in [0.717, 1.165) is 0 Å². The minimum Gasteiger partial charge on any atom is -0.0997 e. The molecule has 0 heterocycles. The highest BCUT2D eigenvalue weighted by molar-refractivity contribution is 6.23. The highest BCUT2D eigenvalue weighted by Crippen LogP contribution is 1.97. The van der Waals surface area contributed by atoms with Gasteiger partial charge in [-0.3, -0.25) is 0 Å². The maximum Gasteiger partial charge on any atom is 0.113 e. The van der Waals surface area contributed by atoms with E-state index in [-0.39, 0.29) is 0 Å². The summed E-state index contributed by atoms with van der Waals surface area (Å²) in [5, 5.41) is 0. The predicted octanol–water partition coefficient (Wildman–Crippen LogP) is 2.75. The van der Waals surface area contributed by atoms with Crippen molar-refractivity contribution in [3.8, 4) is 0 Å². The molecule has 0 unspecified atom stereocenters. The molecular formula is C10H13B. The van der Waals surface area contributed by atoms with Crippen molar-refractivity contribution in [1.29, 1.82) is 0 Å². The topological polar surface area (TPSA) is 0 Å². The van der Waals surface area contributed by atoms with Crippen LogP contribution >= 0.6 is 0 Å². The van der Waals surface area contributed by atoms with Gasteiger partial charge in [-0.05, 0) is 13.8 Å². The number of hydrogen-bond acceptors (Lipinski definition) is 0. The summed E-state index contributed by atoms with van der Waals surface area (Å²) in [5.41, 5.74) is 1.87. The van der Waals surface area contributed by atoms with Crippen molar-refractivity contribution >= 4 is 7.85 Å². The third kappa shape index (κ3) is 5.47. The summed E-state index contributed by atoms with van der Waals surface area (Å²) in [6.07, 6.45) is 9.43. The monoisotopic (exact) mass is 144 g/mol. The maximum absolute atomic E-state index is 5.49. The van der Waals surface area contributed by atoms with Crippen LogP contribution in [0.2, 0.25) is 0 Å². The standard InChI is InChI=1S/C10H13B/c1-4-6-9(3)7-8-10(11)5-2/h4-8H,2H2,1,3H3/b6-4-,9-7-,10-8+. The average Bonchev–Trinajstić information content (AvgIpc) is 2.01. The molecule has 11 heavy (non-hydrogen) atoms. The van der Waals surface area contributed by atoms with Crippen LogP contribution in [0, 0.1) is 0 Å². The number of allylic oxidation sites excluding steroid dienone is 7. The fourth-order valence-electron chi connectivity index (χ4n) is 0.614. The molecule has 0 spiro atoms. The Labute approximate surface area is 70.4 Å². The van der Waals surface area contributed by atoms with Gasteiger partial charge in [0.1, 0.15) is 7.85 Å². The first-order chi connectivity index (χ1) is 5.20. The molecule has 0 aromatic rings. The first-order valence-corrected chi connectivity index (χ1v) is 3.60. The van der Waals surface area contributed by atoms with Gasteiger partial charge in [0.05, 0.1) is 0 Å². The second-order valence-corrected chi connectivity index (χ2v) is 2.28. The molecule has 0 aliphatic rings.